The first-order valence-corrected chi connectivity index (χ1v) is 15.8. The van der Waals surface area contributed by atoms with Crippen LogP contribution in [0, 0.1) is 11.3 Å². The molecule has 2 aromatic carbocycles. The quantitative estimate of drug-likeness (QED) is 0.186. The van der Waals surface area contributed by atoms with Gasteiger partial charge < -0.3 is 30.4 Å². The number of benzene rings is 2. The number of likely N-dealkylation sites (tertiary alicyclic amines) is 1. The molecule has 2 aliphatic rings. The Morgan fingerprint density at radius 1 is 1.16 bits per heavy atom. The number of fused-ring (bicyclic) bond motifs is 4. The Labute approximate surface area is 285 Å². The third kappa shape index (κ3) is 7.53. The highest BCUT2D eigenvalue weighted by atomic mass is 35.5. The minimum absolute atomic E-state index is 0.152. The van der Waals surface area contributed by atoms with E-state index in [1.807, 2.05) is 0 Å². The molecule has 1 saturated heterocycles. The van der Waals surface area contributed by atoms with Crippen LogP contribution in [0.2, 0.25) is 5.02 Å². The number of β-amino-alcohol motifs (C(OH)–C–C–N with tert-alkyl or cyclic N) is 1. The summed E-state index contributed by atoms with van der Waals surface area (Å²) < 4.78 is 6.19. The maximum atomic E-state index is 13.5. The lowest BCUT2D eigenvalue weighted by Crippen LogP contribution is -2.57. The Morgan fingerprint density at radius 3 is 2.71 bits per heavy atom. The normalized spacial score (nSPS) is 17.8. The largest absolute Gasteiger partial charge is 0.453 e. The van der Waals surface area contributed by atoms with E-state index in [2.05, 4.69) is 42.5 Å². The highest BCUT2D eigenvalue weighted by Crippen LogP contribution is 2.35. The molecule has 0 saturated carbocycles. The number of carbonyl (C=O) groups excluding carboxylic acids is 3. The molecule has 49 heavy (non-hydrogen) atoms. The van der Waals surface area contributed by atoms with Gasteiger partial charge >= 0.3 is 6.09 Å². The van der Waals surface area contributed by atoms with Crippen molar-refractivity contribution in [3.8, 4) is 23.0 Å². The zero-order chi connectivity index (χ0) is 34.5. The summed E-state index contributed by atoms with van der Waals surface area (Å²) in [6, 6.07) is 10.9. The van der Waals surface area contributed by atoms with Gasteiger partial charge in [-0.05, 0) is 65.7 Å². The monoisotopic (exact) mass is 685 g/mol. The van der Waals surface area contributed by atoms with Gasteiger partial charge in [0, 0.05) is 46.7 Å². The number of hydrogen-bond donors (Lipinski definition) is 5. The molecule has 0 spiro atoms. The number of hydrogen-bond acceptors (Lipinski definition) is 11. The molecule has 2 aromatic heterocycles. The summed E-state index contributed by atoms with van der Waals surface area (Å²) >= 11 is 6.23. The van der Waals surface area contributed by atoms with Gasteiger partial charge in [-0.25, -0.2) is 9.78 Å². The van der Waals surface area contributed by atoms with Crippen LogP contribution in [0.5, 0.6) is 0 Å². The van der Waals surface area contributed by atoms with Crippen molar-refractivity contribution in [3.05, 3.63) is 70.9 Å². The number of tetrazole rings is 1. The summed E-state index contributed by atoms with van der Waals surface area (Å²) in [7, 11) is 1.25. The Balaban J connectivity index is 1.32. The summed E-state index contributed by atoms with van der Waals surface area (Å²) in [5.74, 6) is -0.211. The lowest BCUT2D eigenvalue weighted by Gasteiger charge is -2.38. The first-order chi connectivity index (χ1) is 23.7. The zero-order valence-corrected chi connectivity index (χ0v) is 27.0. The summed E-state index contributed by atoms with van der Waals surface area (Å²) in [5, 5.41) is 40.6. The second-order valence-corrected chi connectivity index (χ2v) is 12.0. The Morgan fingerprint density at radius 2 is 1.98 bits per heavy atom. The Bertz CT molecular complexity index is 1930. The average molecular weight is 686 g/mol. The minimum atomic E-state index is -0.676. The van der Waals surface area contributed by atoms with E-state index in [9.17, 15) is 24.8 Å². The minimum Gasteiger partial charge on any atom is -0.453 e. The number of ether oxygens (including phenoxy) is 1. The number of rotatable bonds is 6. The molecular formula is C32H32ClN11O5. The van der Waals surface area contributed by atoms with Crippen LogP contribution < -0.4 is 16.0 Å². The smallest absolute Gasteiger partial charge is 0.411 e. The number of aliphatic hydroxyl groups is 1. The number of halogens is 1. The van der Waals surface area contributed by atoms with Gasteiger partial charge in [0.15, 0.2) is 0 Å². The summed E-state index contributed by atoms with van der Waals surface area (Å²) in [5.41, 5.74) is 3.02. The molecule has 16 nitrogen and oxygen atoms in total. The van der Waals surface area contributed by atoms with Crippen LogP contribution in [-0.4, -0.2) is 90.4 Å². The molecule has 6 rings (SSSR count). The topological polar surface area (TPSA) is 216 Å². The molecule has 2 bridgehead atoms. The molecule has 2 aliphatic heterocycles. The van der Waals surface area contributed by atoms with Crippen LogP contribution >= 0.6 is 11.6 Å². The fourth-order valence-corrected chi connectivity index (χ4v) is 5.93. The highest BCUT2D eigenvalue weighted by Gasteiger charge is 2.34. The summed E-state index contributed by atoms with van der Waals surface area (Å²) in [4.78, 5) is 48.3. The Hall–Kier alpha value is -5.79. The number of nitriles is 1. The number of aromatic nitrogens is 6. The number of amides is 3. The molecule has 5 N–H and O–H groups in total. The van der Waals surface area contributed by atoms with Crippen molar-refractivity contribution in [2.45, 2.75) is 43.9 Å². The molecule has 0 unspecified atom stereocenters. The number of aromatic amines is 1. The molecule has 3 amide bonds. The summed E-state index contributed by atoms with van der Waals surface area (Å²) in [6.07, 6.45) is 5.28. The van der Waals surface area contributed by atoms with Crippen LogP contribution in [-0.2, 0) is 14.3 Å². The van der Waals surface area contributed by atoms with Crippen molar-refractivity contribution >= 4 is 47.0 Å². The van der Waals surface area contributed by atoms with Gasteiger partial charge in [-0.15, -0.1) is 5.10 Å². The molecule has 4 aromatic rings. The van der Waals surface area contributed by atoms with Gasteiger partial charge in [-0.1, -0.05) is 24.4 Å². The fourth-order valence-electron chi connectivity index (χ4n) is 5.75. The molecule has 17 heteroatoms. The number of H-pyrrole nitrogens is 1. The first-order valence-electron chi connectivity index (χ1n) is 15.5. The number of anilines is 2. The van der Waals surface area contributed by atoms with Crippen LogP contribution in [0.15, 0.2) is 48.8 Å². The van der Waals surface area contributed by atoms with E-state index in [1.54, 1.807) is 47.4 Å². The van der Waals surface area contributed by atoms with E-state index >= 15 is 0 Å². The second kappa shape index (κ2) is 14.5. The number of nitrogens with one attached hydrogen (secondary N) is 4. The standard InChI is InChI=1S/C32H32ClN11O5/c1-49-32(48)36-20-8-9-22-25(13-20)37-24(31(47)43-15-21(45)16-43)5-3-2-4-23(30-39-26(14-34)29(22)40-30)38-28(46)11-6-18-12-19(33)7-10-27(18)44-17-35-41-42-44/h6-13,17,21,23-24,37,45H,2-5,15-16H2,1H3,(H,36,48)(H,38,46)(H,39,40)/b11-6+/t23-,24+/m0/s1. The fraction of sp³-hybridized carbons (Fsp3) is 0.312. The molecular weight excluding hydrogens is 654 g/mol. The molecule has 0 radical (unpaired) electrons. The number of imidazole rings is 1. The SMILES string of the molecule is COC(=O)Nc1ccc2c(c1)N[C@@H](C(=O)N1CC(O)C1)CCCC[C@H](NC(=O)/C=C/c1cc(Cl)ccc1-n1cnnn1)c1nc-2c(C#N)[nH]1. The third-order valence-corrected chi connectivity index (χ3v) is 8.46. The van der Waals surface area contributed by atoms with Crippen LogP contribution in [0.1, 0.15) is 48.8 Å². The van der Waals surface area contributed by atoms with Crippen molar-refractivity contribution in [1.82, 2.24) is 40.4 Å². The maximum Gasteiger partial charge on any atom is 0.411 e. The lowest BCUT2D eigenvalue weighted by atomic mass is 10.00. The molecule has 252 valence electrons. The van der Waals surface area contributed by atoms with E-state index < -0.39 is 30.2 Å². The van der Waals surface area contributed by atoms with Gasteiger partial charge in [-0.3, -0.25) is 14.9 Å². The summed E-state index contributed by atoms with van der Waals surface area (Å²) in [6.45, 7) is 0.478. The third-order valence-electron chi connectivity index (χ3n) is 8.22. The van der Waals surface area contributed by atoms with E-state index in [4.69, 9.17) is 21.3 Å². The molecule has 1 fully saturated rings. The number of nitrogens with zero attached hydrogens (tertiary/aromatic N) is 7. The van der Waals surface area contributed by atoms with Crippen molar-refractivity contribution < 1.29 is 24.2 Å². The van der Waals surface area contributed by atoms with E-state index in [0.717, 1.165) is 0 Å². The zero-order valence-electron chi connectivity index (χ0n) is 26.3. The van der Waals surface area contributed by atoms with Crippen LogP contribution in [0.25, 0.3) is 23.0 Å². The molecule has 4 heterocycles. The van der Waals surface area contributed by atoms with Crippen molar-refractivity contribution in [2.24, 2.45) is 0 Å². The van der Waals surface area contributed by atoms with Gasteiger partial charge in [0.05, 0.1) is 24.9 Å². The predicted octanol–water partition coefficient (Wildman–Crippen LogP) is 3.18. The maximum absolute atomic E-state index is 13.5. The molecule has 2 atom stereocenters. The lowest BCUT2D eigenvalue weighted by molar-refractivity contribution is -0.142. The van der Waals surface area contributed by atoms with Crippen molar-refractivity contribution in [3.63, 3.8) is 0 Å². The van der Waals surface area contributed by atoms with Gasteiger partial charge in [0.2, 0.25) is 11.8 Å². The van der Waals surface area contributed by atoms with Crippen molar-refractivity contribution in [1.29, 1.82) is 5.26 Å². The number of aliphatic hydroxyl groups excluding tert-OH is 1. The predicted molar refractivity (Wildman–Crippen MR) is 177 cm³/mol. The van der Waals surface area contributed by atoms with Crippen molar-refractivity contribution in [2.75, 3.05) is 30.8 Å². The van der Waals surface area contributed by atoms with Gasteiger partial charge in [0.25, 0.3) is 0 Å². The molecule has 0 aliphatic carbocycles. The van der Waals surface area contributed by atoms with E-state index in [0.29, 0.717) is 70.4 Å². The van der Waals surface area contributed by atoms with E-state index in [1.165, 1.54) is 24.2 Å². The Kier molecular flexibility index (Phi) is 9.83. The first kappa shape index (κ1) is 33.1. The average Bonchev–Trinajstić information content (AvgIpc) is 3.77. The second-order valence-electron chi connectivity index (χ2n) is 11.6. The number of methoxy groups -OCH3 is 1. The van der Waals surface area contributed by atoms with Crippen LogP contribution in [0.3, 0.4) is 0 Å². The van der Waals surface area contributed by atoms with Gasteiger partial charge in [0.1, 0.15) is 35.7 Å². The van der Waals surface area contributed by atoms with Crippen LogP contribution in [0.4, 0.5) is 16.2 Å². The number of carbonyl (C=O) groups is 3. The van der Waals surface area contributed by atoms with Gasteiger partial charge in [-0.2, -0.15) is 9.94 Å². The highest BCUT2D eigenvalue weighted by molar-refractivity contribution is 6.30. The van der Waals surface area contributed by atoms with E-state index in [-0.39, 0.29) is 24.7 Å².